The Morgan fingerprint density at radius 2 is 2.05 bits per heavy atom. The molecule has 0 aromatic carbocycles. The highest BCUT2D eigenvalue weighted by molar-refractivity contribution is 6.32. The first-order valence-electron chi connectivity index (χ1n) is 6.85. The number of hydrogen-bond donors (Lipinski definition) is 0. The highest BCUT2D eigenvalue weighted by Crippen LogP contribution is 2.22. The molecule has 0 aliphatic carbocycles. The van der Waals surface area contributed by atoms with Crippen molar-refractivity contribution in [3.63, 3.8) is 0 Å². The van der Waals surface area contributed by atoms with E-state index in [-0.39, 0.29) is 12.6 Å². The minimum Gasteiger partial charge on any atom is -0.459 e. The smallest absolute Gasteiger partial charge is 0.397 e. The van der Waals surface area contributed by atoms with Crippen LogP contribution in [0.25, 0.3) is 0 Å². The van der Waals surface area contributed by atoms with Crippen molar-refractivity contribution in [2.24, 2.45) is 5.92 Å². The molecule has 6 heteroatoms. The summed E-state index contributed by atoms with van der Waals surface area (Å²) in [7, 11) is 0. The lowest BCUT2D eigenvalue weighted by Gasteiger charge is -2.36. The van der Waals surface area contributed by atoms with E-state index in [0.29, 0.717) is 25.7 Å². The maximum Gasteiger partial charge on any atom is 0.397 e. The fourth-order valence-electron chi connectivity index (χ4n) is 2.58. The summed E-state index contributed by atoms with van der Waals surface area (Å²) in [6, 6.07) is -0.0441. The Morgan fingerprint density at radius 1 is 1.26 bits per heavy atom. The highest BCUT2D eigenvalue weighted by atomic mass is 16.5. The van der Waals surface area contributed by atoms with Crippen LogP contribution in [0.3, 0.4) is 0 Å². The van der Waals surface area contributed by atoms with Crippen molar-refractivity contribution in [1.29, 1.82) is 0 Å². The highest BCUT2D eigenvalue weighted by Gasteiger charge is 2.34. The molecular weight excluding hydrogens is 250 g/mol. The van der Waals surface area contributed by atoms with Crippen LogP contribution < -0.4 is 0 Å². The lowest BCUT2D eigenvalue weighted by Crippen LogP contribution is -2.52. The van der Waals surface area contributed by atoms with E-state index in [0.717, 1.165) is 26.1 Å². The fourth-order valence-corrected chi connectivity index (χ4v) is 2.58. The monoisotopic (exact) mass is 271 g/mol. The minimum absolute atomic E-state index is 0.0441. The molecule has 19 heavy (non-hydrogen) atoms. The van der Waals surface area contributed by atoms with E-state index < -0.39 is 11.9 Å². The van der Waals surface area contributed by atoms with E-state index in [9.17, 15) is 9.59 Å². The van der Waals surface area contributed by atoms with Crippen molar-refractivity contribution in [3.05, 3.63) is 0 Å². The second-order valence-corrected chi connectivity index (χ2v) is 4.91. The quantitative estimate of drug-likeness (QED) is 0.542. The molecular formula is C13H21NO5. The molecule has 0 N–H and O–H groups in total. The van der Waals surface area contributed by atoms with E-state index in [1.54, 1.807) is 11.8 Å². The first kappa shape index (κ1) is 14.3. The third kappa shape index (κ3) is 3.67. The van der Waals surface area contributed by atoms with E-state index in [4.69, 9.17) is 14.2 Å². The Bertz CT molecular complexity index is 327. The normalized spacial score (nSPS) is 27.3. The van der Waals surface area contributed by atoms with Gasteiger partial charge in [0, 0.05) is 19.8 Å². The molecule has 2 unspecified atom stereocenters. The summed E-state index contributed by atoms with van der Waals surface area (Å²) >= 11 is 0. The second-order valence-electron chi connectivity index (χ2n) is 4.91. The fraction of sp³-hybridized carbons (Fsp3) is 0.846. The Balaban J connectivity index is 1.94. The molecule has 0 spiro atoms. The number of morpholine rings is 1. The van der Waals surface area contributed by atoms with E-state index >= 15 is 0 Å². The average Bonchev–Trinajstić information content (AvgIpc) is 2.92. The van der Waals surface area contributed by atoms with Crippen molar-refractivity contribution >= 4 is 11.9 Å². The van der Waals surface area contributed by atoms with Gasteiger partial charge in [0.25, 0.3) is 0 Å². The number of rotatable bonds is 3. The standard InChI is InChI=1S/C13H21NO5/c1-2-19-13(16)12(15)14-4-6-18-9-11(14)7-10-3-5-17-8-10/h10-11H,2-9H2,1H3. The van der Waals surface area contributed by atoms with Gasteiger partial charge in [-0.05, 0) is 25.7 Å². The molecule has 2 aliphatic rings. The molecule has 0 saturated carbocycles. The van der Waals surface area contributed by atoms with Crippen LogP contribution >= 0.6 is 0 Å². The van der Waals surface area contributed by atoms with Gasteiger partial charge in [0.15, 0.2) is 0 Å². The number of carbonyl (C=O) groups is 2. The zero-order valence-corrected chi connectivity index (χ0v) is 11.3. The van der Waals surface area contributed by atoms with Crippen molar-refractivity contribution in [1.82, 2.24) is 4.90 Å². The Labute approximate surface area is 113 Å². The van der Waals surface area contributed by atoms with Gasteiger partial charge in [-0.25, -0.2) is 4.79 Å². The van der Waals surface area contributed by atoms with Gasteiger partial charge in [0.1, 0.15) is 0 Å². The molecule has 2 saturated heterocycles. The molecule has 0 bridgehead atoms. The van der Waals surface area contributed by atoms with Gasteiger partial charge in [0.2, 0.25) is 0 Å². The number of ether oxygens (including phenoxy) is 3. The lowest BCUT2D eigenvalue weighted by atomic mass is 9.98. The summed E-state index contributed by atoms with van der Waals surface area (Å²) in [5.74, 6) is -0.865. The second kappa shape index (κ2) is 6.86. The average molecular weight is 271 g/mol. The number of carbonyl (C=O) groups excluding carboxylic acids is 2. The van der Waals surface area contributed by atoms with Crippen LogP contribution in [0.15, 0.2) is 0 Å². The molecule has 2 atom stereocenters. The van der Waals surface area contributed by atoms with Crippen molar-refractivity contribution < 1.29 is 23.8 Å². The van der Waals surface area contributed by atoms with Crippen molar-refractivity contribution in [2.75, 3.05) is 39.6 Å². The molecule has 6 nitrogen and oxygen atoms in total. The molecule has 2 fully saturated rings. The first-order valence-corrected chi connectivity index (χ1v) is 6.85. The molecule has 1 amide bonds. The SMILES string of the molecule is CCOC(=O)C(=O)N1CCOCC1CC1CCOC1. The van der Waals surface area contributed by atoms with Crippen LogP contribution in [0.4, 0.5) is 0 Å². The van der Waals surface area contributed by atoms with E-state index in [1.807, 2.05) is 0 Å². The molecule has 0 radical (unpaired) electrons. The molecule has 0 aromatic heterocycles. The number of esters is 1. The maximum atomic E-state index is 12.0. The Kier molecular flexibility index (Phi) is 5.15. The summed E-state index contributed by atoms with van der Waals surface area (Å²) in [6.07, 6.45) is 1.84. The number of amides is 1. The summed E-state index contributed by atoms with van der Waals surface area (Å²) < 4.78 is 15.5. The van der Waals surface area contributed by atoms with Gasteiger partial charge < -0.3 is 19.1 Å². The van der Waals surface area contributed by atoms with Gasteiger partial charge in [-0.1, -0.05) is 0 Å². The Hall–Kier alpha value is -1.14. The molecule has 2 heterocycles. The first-order chi connectivity index (χ1) is 9.22. The Morgan fingerprint density at radius 3 is 2.74 bits per heavy atom. The van der Waals surface area contributed by atoms with E-state index in [1.165, 1.54) is 0 Å². The predicted molar refractivity (Wildman–Crippen MR) is 66.5 cm³/mol. The minimum atomic E-state index is -0.767. The molecule has 2 aliphatic heterocycles. The predicted octanol–water partition coefficient (Wildman–Crippen LogP) is 0.204. The van der Waals surface area contributed by atoms with Gasteiger partial charge in [-0.2, -0.15) is 0 Å². The number of hydrogen-bond acceptors (Lipinski definition) is 5. The zero-order valence-electron chi connectivity index (χ0n) is 11.3. The van der Waals surface area contributed by atoms with Crippen LogP contribution in [-0.4, -0.2) is 62.4 Å². The summed E-state index contributed by atoms with van der Waals surface area (Å²) in [5, 5.41) is 0. The largest absolute Gasteiger partial charge is 0.459 e. The van der Waals surface area contributed by atoms with Gasteiger partial charge in [-0.15, -0.1) is 0 Å². The summed E-state index contributed by atoms with van der Waals surface area (Å²) in [6.45, 7) is 4.84. The van der Waals surface area contributed by atoms with Gasteiger partial charge in [-0.3, -0.25) is 4.79 Å². The van der Waals surface area contributed by atoms with E-state index in [2.05, 4.69) is 0 Å². The van der Waals surface area contributed by atoms with Crippen molar-refractivity contribution in [2.45, 2.75) is 25.8 Å². The summed E-state index contributed by atoms with van der Waals surface area (Å²) in [4.78, 5) is 25.2. The molecule has 2 rings (SSSR count). The van der Waals surface area contributed by atoms with Gasteiger partial charge in [0.05, 0.1) is 25.9 Å². The van der Waals surface area contributed by atoms with Crippen LogP contribution in [0.2, 0.25) is 0 Å². The topological polar surface area (TPSA) is 65.1 Å². The third-order valence-corrected chi connectivity index (χ3v) is 3.57. The lowest BCUT2D eigenvalue weighted by molar-refractivity contribution is -0.164. The third-order valence-electron chi connectivity index (χ3n) is 3.57. The van der Waals surface area contributed by atoms with Gasteiger partial charge >= 0.3 is 11.9 Å². The summed E-state index contributed by atoms with van der Waals surface area (Å²) in [5.41, 5.74) is 0. The van der Waals surface area contributed by atoms with Crippen molar-refractivity contribution in [3.8, 4) is 0 Å². The number of nitrogens with zero attached hydrogens (tertiary/aromatic N) is 1. The van der Waals surface area contributed by atoms with Crippen LogP contribution in [-0.2, 0) is 23.8 Å². The molecule has 108 valence electrons. The van der Waals surface area contributed by atoms with Crippen LogP contribution in [0.5, 0.6) is 0 Å². The maximum absolute atomic E-state index is 12.0. The molecule has 0 aromatic rings. The van der Waals surface area contributed by atoms with Crippen LogP contribution in [0, 0.1) is 5.92 Å². The zero-order chi connectivity index (χ0) is 13.7. The van der Waals surface area contributed by atoms with Crippen LogP contribution in [0.1, 0.15) is 19.8 Å².